The van der Waals surface area contributed by atoms with Gasteiger partial charge in [0.05, 0.1) is 11.2 Å². The lowest BCUT2D eigenvalue weighted by Crippen LogP contribution is -2.50. The fraction of sp³-hybridized carbons (Fsp3) is 0.421. The number of halogens is 3. The summed E-state index contributed by atoms with van der Waals surface area (Å²) in [5.74, 6) is 1.10. The van der Waals surface area contributed by atoms with Gasteiger partial charge in [-0.1, -0.05) is 12.1 Å². The zero-order chi connectivity index (χ0) is 20.5. The van der Waals surface area contributed by atoms with Crippen LogP contribution in [0.15, 0.2) is 24.3 Å². The Labute approximate surface area is 167 Å². The Hall–Kier alpha value is -2.32. The largest absolute Gasteiger partial charge is 0.390 e. The molecule has 9 heteroatoms. The summed E-state index contributed by atoms with van der Waals surface area (Å²) >= 11 is 6.07. The van der Waals surface area contributed by atoms with E-state index < -0.39 is 12.0 Å². The van der Waals surface area contributed by atoms with Gasteiger partial charge in [0.25, 0.3) is 6.43 Å². The average Bonchev–Trinajstić information content (AvgIpc) is 2.56. The summed E-state index contributed by atoms with van der Waals surface area (Å²) in [7, 11) is 0. The van der Waals surface area contributed by atoms with Gasteiger partial charge in [-0.15, -0.1) is 0 Å². The van der Waals surface area contributed by atoms with Gasteiger partial charge >= 0.3 is 0 Å². The van der Waals surface area contributed by atoms with E-state index in [0.29, 0.717) is 42.5 Å². The van der Waals surface area contributed by atoms with Crippen LogP contribution in [-0.4, -0.2) is 40.0 Å². The Morgan fingerprint density at radius 3 is 2.71 bits per heavy atom. The lowest BCUT2D eigenvalue weighted by atomic mass is 9.87. The quantitative estimate of drug-likeness (QED) is 0.466. The molecule has 3 N–H and O–H groups in total. The third kappa shape index (κ3) is 4.74. The van der Waals surface area contributed by atoms with Gasteiger partial charge in [0.15, 0.2) is 0 Å². The van der Waals surface area contributed by atoms with E-state index in [2.05, 4.69) is 15.3 Å². The van der Waals surface area contributed by atoms with Crippen LogP contribution in [0.4, 0.5) is 26.1 Å². The molecule has 2 aromatic rings. The summed E-state index contributed by atoms with van der Waals surface area (Å²) in [6.07, 6.45) is -0.801. The molecular weight excluding hydrogens is 388 g/mol. The van der Waals surface area contributed by atoms with Crippen molar-refractivity contribution < 1.29 is 13.9 Å². The average molecular weight is 410 g/mol. The molecule has 1 saturated heterocycles. The summed E-state index contributed by atoms with van der Waals surface area (Å²) in [6, 6.07) is 5.83. The predicted molar refractivity (Wildman–Crippen MR) is 106 cm³/mol. The smallest absolute Gasteiger partial charge is 0.263 e. The molecule has 0 amide bonds. The first-order valence-corrected chi connectivity index (χ1v) is 9.24. The first-order valence-electron chi connectivity index (χ1n) is 8.87. The molecule has 2 heterocycles. The Morgan fingerprint density at radius 1 is 1.39 bits per heavy atom. The van der Waals surface area contributed by atoms with Gasteiger partial charge < -0.3 is 20.7 Å². The van der Waals surface area contributed by atoms with Crippen molar-refractivity contribution >= 4 is 35.1 Å². The number of benzene rings is 1. The van der Waals surface area contributed by atoms with Crippen LogP contribution in [-0.2, 0) is 0 Å². The number of anilines is 3. The van der Waals surface area contributed by atoms with E-state index in [-0.39, 0.29) is 16.7 Å². The Morgan fingerprint density at radius 2 is 2.11 bits per heavy atom. The van der Waals surface area contributed by atoms with Crippen molar-refractivity contribution in [1.29, 1.82) is 5.41 Å². The summed E-state index contributed by atoms with van der Waals surface area (Å²) < 4.78 is 25.9. The van der Waals surface area contributed by atoms with E-state index in [9.17, 15) is 13.9 Å². The molecule has 0 atom stereocenters. The molecule has 0 spiro atoms. The maximum atomic E-state index is 12.9. The number of aliphatic hydroxyl groups is 1. The number of hydrogen-bond acceptors (Lipinski definition) is 6. The Balaban J connectivity index is 1.84. The fourth-order valence-electron chi connectivity index (χ4n) is 3.37. The van der Waals surface area contributed by atoms with Crippen molar-refractivity contribution in [3.8, 4) is 0 Å². The van der Waals surface area contributed by atoms with Gasteiger partial charge in [-0.25, -0.2) is 8.78 Å². The third-order valence-electron chi connectivity index (χ3n) is 4.49. The lowest BCUT2D eigenvalue weighted by molar-refractivity contribution is 0.0474. The van der Waals surface area contributed by atoms with Crippen molar-refractivity contribution in [3.05, 3.63) is 40.7 Å². The highest BCUT2D eigenvalue weighted by atomic mass is 35.5. The zero-order valence-corrected chi connectivity index (χ0v) is 16.3. The number of hydrogen-bond donors (Lipinski definition) is 3. The van der Waals surface area contributed by atoms with Gasteiger partial charge in [0, 0.05) is 30.6 Å². The van der Waals surface area contributed by atoms with E-state index >= 15 is 0 Å². The van der Waals surface area contributed by atoms with Crippen molar-refractivity contribution in [1.82, 2.24) is 9.97 Å². The van der Waals surface area contributed by atoms with Crippen molar-refractivity contribution in [2.45, 2.75) is 32.3 Å². The molecule has 1 aliphatic rings. The van der Waals surface area contributed by atoms with Crippen LogP contribution in [0.25, 0.3) is 0 Å². The van der Waals surface area contributed by atoms with E-state index in [4.69, 9.17) is 17.0 Å². The molecule has 0 radical (unpaired) electrons. The molecule has 3 rings (SSSR count). The minimum atomic E-state index is -2.58. The van der Waals surface area contributed by atoms with Crippen LogP contribution in [0, 0.1) is 11.3 Å². The maximum Gasteiger partial charge on any atom is 0.263 e. The van der Waals surface area contributed by atoms with Gasteiger partial charge in [-0.2, -0.15) is 9.97 Å². The molecule has 0 saturated carbocycles. The number of rotatable bonds is 7. The highest BCUT2D eigenvalue weighted by Crippen LogP contribution is 2.34. The Kier molecular flexibility index (Phi) is 5.81. The number of nitrogens with zero attached hydrogens (tertiary/aromatic N) is 3. The van der Waals surface area contributed by atoms with Crippen LogP contribution < -0.4 is 10.2 Å². The first-order chi connectivity index (χ1) is 13.2. The molecule has 0 unspecified atom stereocenters. The molecule has 1 aromatic heterocycles. The van der Waals surface area contributed by atoms with Gasteiger partial charge in [0.1, 0.15) is 11.6 Å². The highest BCUT2D eigenvalue weighted by molar-refractivity contribution is 6.28. The number of aromatic nitrogens is 2. The number of alkyl halides is 2. The molecule has 0 bridgehead atoms. The normalized spacial score (nSPS) is 14.9. The molecule has 1 aromatic carbocycles. The van der Waals surface area contributed by atoms with Crippen LogP contribution >= 0.6 is 11.6 Å². The van der Waals surface area contributed by atoms with Crippen LogP contribution in [0.3, 0.4) is 0 Å². The van der Waals surface area contributed by atoms with E-state index in [1.807, 2.05) is 4.90 Å². The summed E-state index contributed by atoms with van der Waals surface area (Å²) in [5.41, 5.74) is -0.00921. The second kappa shape index (κ2) is 7.97. The summed E-state index contributed by atoms with van der Waals surface area (Å²) in [4.78, 5) is 10.3. The molecule has 150 valence electrons. The minimum Gasteiger partial charge on any atom is -0.390 e. The monoisotopic (exact) mass is 409 g/mol. The predicted octanol–water partition coefficient (Wildman–Crippen LogP) is 4.41. The summed E-state index contributed by atoms with van der Waals surface area (Å²) in [5, 5.41) is 20.7. The molecular formula is C19H22ClF2N5O. The fourth-order valence-corrected chi connectivity index (χ4v) is 3.53. The van der Waals surface area contributed by atoms with Gasteiger partial charge in [0.2, 0.25) is 5.28 Å². The van der Waals surface area contributed by atoms with Crippen LogP contribution in [0.1, 0.15) is 37.8 Å². The van der Waals surface area contributed by atoms with Gasteiger partial charge in [-0.05, 0) is 49.9 Å². The highest BCUT2D eigenvalue weighted by Gasteiger charge is 2.33. The topological polar surface area (TPSA) is 85.1 Å². The van der Waals surface area contributed by atoms with E-state index in [0.717, 1.165) is 6.21 Å². The van der Waals surface area contributed by atoms with Crippen molar-refractivity contribution in [3.63, 3.8) is 0 Å². The maximum absolute atomic E-state index is 12.9. The van der Waals surface area contributed by atoms with Gasteiger partial charge in [-0.3, -0.25) is 0 Å². The first kappa shape index (κ1) is 20.4. The van der Waals surface area contributed by atoms with Crippen molar-refractivity contribution in [2.24, 2.45) is 5.92 Å². The summed E-state index contributed by atoms with van der Waals surface area (Å²) in [6.45, 7) is 4.91. The molecule has 1 aliphatic heterocycles. The third-order valence-corrected chi connectivity index (χ3v) is 4.66. The lowest BCUT2D eigenvalue weighted by Gasteiger charge is -2.43. The molecule has 6 nitrogen and oxygen atoms in total. The van der Waals surface area contributed by atoms with Crippen LogP contribution in [0.5, 0.6) is 0 Å². The zero-order valence-electron chi connectivity index (χ0n) is 15.6. The van der Waals surface area contributed by atoms with Crippen molar-refractivity contribution in [2.75, 3.05) is 23.3 Å². The molecule has 1 fully saturated rings. The SMILES string of the molecule is CC(C)(O)CC1CN(c2nc(Cl)nc(Nc3cccc(C(F)F)c3)c2C=N)C1. The second-order valence-corrected chi connectivity index (χ2v) is 7.90. The van der Waals surface area contributed by atoms with E-state index in [1.165, 1.54) is 18.2 Å². The molecule has 0 aliphatic carbocycles. The second-order valence-electron chi connectivity index (χ2n) is 7.56. The molecule has 28 heavy (non-hydrogen) atoms. The Bertz CT molecular complexity index is 866. The van der Waals surface area contributed by atoms with E-state index in [1.54, 1.807) is 19.9 Å². The number of nitrogens with one attached hydrogen (secondary N) is 2. The van der Waals surface area contributed by atoms with Crippen LogP contribution in [0.2, 0.25) is 5.28 Å². The minimum absolute atomic E-state index is 0.000878. The standard InChI is InChI=1S/C19H22ClF2N5O/c1-19(2,28)7-11-9-27(10-11)17-14(8-23)16(25-18(20)26-17)24-13-5-3-4-12(6-13)15(21)22/h3-6,8,11,15,23,28H,7,9-10H2,1-2H3,(H,24,25,26).